The Bertz CT molecular complexity index is 376. The summed E-state index contributed by atoms with van der Waals surface area (Å²) in [7, 11) is 1.58. The Morgan fingerprint density at radius 2 is 1.94 bits per heavy atom. The molecule has 1 rings (SSSR count). The number of rotatable bonds is 4. The van der Waals surface area contributed by atoms with Gasteiger partial charge in [0, 0.05) is 12.1 Å². The molecule has 0 saturated heterocycles. The van der Waals surface area contributed by atoms with Crippen LogP contribution in [-0.2, 0) is 0 Å². The quantitative estimate of drug-likeness (QED) is 0.735. The molecule has 16 heavy (non-hydrogen) atoms. The van der Waals surface area contributed by atoms with Crippen molar-refractivity contribution in [2.45, 2.75) is 12.2 Å². The molecule has 3 N–H and O–H groups in total. The van der Waals surface area contributed by atoms with Gasteiger partial charge in [0.25, 0.3) is 0 Å². The zero-order valence-corrected chi connectivity index (χ0v) is 10.1. The van der Waals surface area contributed by atoms with Crippen LogP contribution in [0.1, 0.15) is 11.7 Å². The van der Waals surface area contributed by atoms with E-state index in [0.717, 1.165) is 12.1 Å². The van der Waals surface area contributed by atoms with Gasteiger partial charge in [-0.2, -0.15) is 0 Å². The molecule has 0 aliphatic carbocycles. The van der Waals surface area contributed by atoms with Gasteiger partial charge in [-0.05, 0) is 35.1 Å². The lowest BCUT2D eigenvalue weighted by Gasteiger charge is -2.18. The highest BCUT2D eigenvalue weighted by Crippen LogP contribution is 2.25. The molecule has 0 radical (unpaired) electrons. The summed E-state index contributed by atoms with van der Waals surface area (Å²) < 4.78 is 26.5. The largest absolute Gasteiger partial charge is 0.389 e. The fourth-order valence-electron chi connectivity index (χ4n) is 1.29. The molecule has 0 aromatic heterocycles. The lowest BCUT2D eigenvalue weighted by atomic mass is 10.0. The van der Waals surface area contributed by atoms with Crippen molar-refractivity contribution in [2.75, 3.05) is 13.6 Å². The lowest BCUT2D eigenvalue weighted by molar-refractivity contribution is 0.0179. The number of hydrogen-bond acceptors (Lipinski definition) is 3. The second-order valence-electron chi connectivity index (χ2n) is 3.36. The second-order valence-corrected chi connectivity index (χ2v) is 4.21. The molecule has 0 spiro atoms. The van der Waals surface area contributed by atoms with Gasteiger partial charge in [-0.3, -0.25) is 0 Å². The fourth-order valence-corrected chi connectivity index (χ4v) is 1.61. The smallest absolute Gasteiger partial charge is 0.137 e. The Kier molecular flexibility index (Phi) is 4.79. The third kappa shape index (κ3) is 2.98. The molecule has 3 nitrogen and oxygen atoms in total. The van der Waals surface area contributed by atoms with Gasteiger partial charge < -0.3 is 15.5 Å². The predicted molar refractivity (Wildman–Crippen MR) is 59.0 cm³/mol. The van der Waals surface area contributed by atoms with Crippen LogP contribution in [-0.4, -0.2) is 29.9 Å². The number of hydrogen-bond donors (Lipinski definition) is 3. The lowest BCUT2D eigenvalue weighted by Crippen LogP contribution is -2.30. The number of aliphatic hydroxyl groups excluding tert-OH is 2. The van der Waals surface area contributed by atoms with Crippen LogP contribution in [0.25, 0.3) is 0 Å². The van der Waals surface area contributed by atoms with Crippen LogP contribution in [0.3, 0.4) is 0 Å². The molecule has 2 unspecified atom stereocenters. The Morgan fingerprint density at radius 3 is 2.50 bits per heavy atom. The number of nitrogens with one attached hydrogen (secondary N) is 1. The van der Waals surface area contributed by atoms with E-state index < -0.39 is 23.8 Å². The van der Waals surface area contributed by atoms with Gasteiger partial charge >= 0.3 is 0 Å². The molecule has 0 heterocycles. The Morgan fingerprint density at radius 1 is 1.31 bits per heavy atom. The minimum Gasteiger partial charge on any atom is -0.389 e. The van der Waals surface area contributed by atoms with Crippen LogP contribution in [0.4, 0.5) is 8.78 Å². The van der Waals surface area contributed by atoms with Crippen molar-refractivity contribution in [3.63, 3.8) is 0 Å². The summed E-state index contributed by atoms with van der Waals surface area (Å²) in [5, 5.41) is 21.7. The summed E-state index contributed by atoms with van der Waals surface area (Å²) in [6, 6.07) is 1.78. The molecule has 6 heteroatoms. The normalized spacial score (nSPS) is 14.9. The zero-order chi connectivity index (χ0) is 12.3. The van der Waals surface area contributed by atoms with Gasteiger partial charge in [-0.25, -0.2) is 8.78 Å². The van der Waals surface area contributed by atoms with E-state index >= 15 is 0 Å². The van der Waals surface area contributed by atoms with Gasteiger partial charge in [0.1, 0.15) is 17.7 Å². The molecular weight excluding hydrogens is 284 g/mol. The summed E-state index contributed by atoms with van der Waals surface area (Å²) in [6.45, 7) is 0.0816. The molecule has 0 amide bonds. The molecule has 1 aromatic carbocycles. The zero-order valence-electron chi connectivity index (χ0n) is 8.54. The van der Waals surface area contributed by atoms with Crippen LogP contribution in [0.2, 0.25) is 0 Å². The molecule has 0 aliphatic heterocycles. The van der Waals surface area contributed by atoms with Crippen molar-refractivity contribution in [1.29, 1.82) is 0 Å². The van der Waals surface area contributed by atoms with Gasteiger partial charge in [0.2, 0.25) is 0 Å². The Balaban J connectivity index is 2.99. The maximum absolute atomic E-state index is 13.4. The van der Waals surface area contributed by atoms with E-state index in [1.807, 2.05) is 0 Å². The van der Waals surface area contributed by atoms with Gasteiger partial charge in [0.05, 0.1) is 10.6 Å². The number of likely N-dealkylation sites (N-methyl/N-ethyl adjacent to an activating group) is 1. The standard InChI is InChI=1S/C10H12BrF2NO2/c1-14-4-9(15)10(16)5-2-8(13)6(11)3-7(5)12/h2-3,9-10,14-16H,4H2,1H3. The van der Waals surface area contributed by atoms with Crippen LogP contribution in [0, 0.1) is 11.6 Å². The minimum absolute atomic E-state index is 0.0240. The first-order valence-electron chi connectivity index (χ1n) is 4.62. The molecule has 0 fully saturated rings. The van der Waals surface area contributed by atoms with E-state index in [2.05, 4.69) is 21.2 Å². The van der Waals surface area contributed by atoms with E-state index in [0.29, 0.717) is 0 Å². The maximum Gasteiger partial charge on any atom is 0.137 e. The van der Waals surface area contributed by atoms with E-state index in [1.165, 1.54) is 0 Å². The summed E-state index contributed by atoms with van der Waals surface area (Å²) in [5.41, 5.74) is -0.261. The molecular formula is C10H12BrF2NO2. The van der Waals surface area contributed by atoms with Crippen molar-refractivity contribution in [3.05, 3.63) is 33.8 Å². The van der Waals surface area contributed by atoms with Crippen molar-refractivity contribution in [2.24, 2.45) is 0 Å². The third-order valence-corrected chi connectivity index (χ3v) is 2.74. The van der Waals surface area contributed by atoms with E-state index in [1.54, 1.807) is 7.05 Å². The highest BCUT2D eigenvalue weighted by atomic mass is 79.9. The maximum atomic E-state index is 13.4. The predicted octanol–water partition coefficient (Wildman–Crippen LogP) is 1.34. The average molecular weight is 296 g/mol. The highest BCUT2D eigenvalue weighted by molar-refractivity contribution is 9.10. The molecule has 0 bridgehead atoms. The summed E-state index contributed by atoms with van der Waals surface area (Å²) in [6.07, 6.45) is -2.66. The van der Waals surface area contributed by atoms with Gasteiger partial charge in [-0.15, -0.1) is 0 Å². The third-order valence-electron chi connectivity index (χ3n) is 2.14. The summed E-state index contributed by atoms with van der Waals surface area (Å²) in [5.74, 6) is -1.46. The van der Waals surface area contributed by atoms with Crippen LogP contribution < -0.4 is 5.32 Å². The van der Waals surface area contributed by atoms with Crippen molar-refractivity contribution in [1.82, 2.24) is 5.32 Å². The molecule has 0 saturated carbocycles. The molecule has 90 valence electrons. The first-order valence-corrected chi connectivity index (χ1v) is 5.41. The summed E-state index contributed by atoms with van der Waals surface area (Å²) >= 11 is 2.83. The van der Waals surface area contributed by atoms with Crippen molar-refractivity contribution in [3.8, 4) is 0 Å². The average Bonchev–Trinajstić information content (AvgIpc) is 2.23. The number of halogens is 3. The minimum atomic E-state index is -1.46. The molecule has 1 aromatic rings. The highest BCUT2D eigenvalue weighted by Gasteiger charge is 2.22. The van der Waals surface area contributed by atoms with Crippen LogP contribution >= 0.6 is 15.9 Å². The topological polar surface area (TPSA) is 52.5 Å². The van der Waals surface area contributed by atoms with Crippen LogP contribution in [0.15, 0.2) is 16.6 Å². The second kappa shape index (κ2) is 5.67. The van der Waals surface area contributed by atoms with Gasteiger partial charge in [0.15, 0.2) is 0 Å². The van der Waals surface area contributed by atoms with Crippen LogP contribution in [0.5, 0.6) is 0 Å². The Hall–Kier alpha value is -0.560. The van der Waals surface area contributed by atoms with Crippen molar-refractivity contribution >= 4 is 15.9 Å². The first kappa shape index (κ1) is 13.5. The Labute approximate surface area is 100 Å². The SMILES string of the molecule is CNCC(O)C(O)c1cc(F)c(Br)cc1F. The van der Waals surface area contributed by atoms with Crippen molar-refractivity contribution < 1.29 is 19.0 Å². The number of benzene rings is 1. The fraction of sp³-hybridized carbons (Fsp3) is 0.400. The van der Waals surface area contributed by atoms with E-state index in [4.69, 9.17) is 0 Å². The van der Waals surface area contributed by atoms with E-state index in [9.17, 15) is 19.0 Å². The molecule has 2 atom stereocenters. The van der Waals surface area contributed by atoms with Gasteiger partial charge in [-0.1, -0.05) is 0 Å². The number of aliphatic hydroxyl groups is 2. The first-order chi connectivity index (χ1) is 7.47. The van der Waals surface area contributed by atoms with E-state index in [-0.39, 0.29) is 16.6 Å². The monoisotopic (exact) mass is 295 g/mol. The molecule has 0 aliphatic rings. The summed E-state index contributed by atoms with van der Waals surface area (Å²) in [4.78, 5) is 0.